The molecule has 0 aliphatic heterocycles. The summed E-state index contributed by atoms with van der Waals surface area (Å²) in [4.78, 5) is 60.0. The summed E-state index contributed by atoms with van der Waals surface area (Å²) in [5, 5.41) is 16.1. The number of primary amides is 1. The van der Waals surface area contributed by atoms with E-state index in [0.717, 1.165) is 5.56 Å². The number of ether oxygens (including phenoxy) is 1. The van der Waals surface area contributed by atoms with Gasteiger partial charge in [-0.1, -0.05) is 42.5 Å². The molecular formula is C24H28N4O7. The number of hydrogen-bond acceptors (Lipinski definition) is 7. The van der Waals surface area contributed by atoms with Crippen molar-refractivity contribution in [3.63, 3.8) is 0 Å². The predicted molar refractivity (Wildman–Crippen MR) is 126 cm³/mol. The first-order chi connectivity index (χ1) is 16.6. The molecule has 0 saturated heterocycles. The van der Waals surface area contributed by atoms with Crippen LogP contribution < -0.4 is 16.4 Å². The highest BCUT2D eigenvalue weighted by Gasteiger charge is 2.34. The number of hydrogen-bond donors (Lipinski definition) is 3. The van der Waals surface area contributed by atoms with Gasteiger partial charge in [0.1, 0.15) is 12.1 Å². The molecule has 0 aliphatic carbocycles. The molecule has 3 atom stereocenters. The van der Waals surface area contributed by atoms with Crippen LogP contribution in [0, 0.1) is 10.1 Å². The molecule has 0 aliphatic rings. The number of esters is 1. The van der Waals surface area contributed by atoms with Crippen molar-refractivity contribution in [2.24, 2.45) is 5.73 Å². The molecule has 0 heterocycles. The number of amides is 3. The van der Waals surface area contributed by atoms with Gasteiger partial charge in [0.05, 0.1) is 18.0 Å². The fraction of sp³-hybridized carbons (Fsp3) is 0.333. The lowest BCUT2D eigenvalue weighted by Gasteiger charge is -2.27. The summed E-state index contributed by atoms with van der Waals surface area (Å²) in [6, 6.07) is 11.8. The van der Waals surface area contributed by atoms with E-state index in [4.69, 9.17) is 10.5 Å². The molecule has 0 bridgehead atoms. The van der Waals surface area contributed by atoms with Crippen LogP contribution in [-0.2, 0) is 30.3 Å². The molecule has 3 amide bonds. The fourth-order valence-electron chi connectivity index (χ4n) is 3.60. The molecule has 0 saturated carbocycles. The van der Waals surface area contributed by atoms with Crippen molar-refractivity contribution in [3.8, 4) is 0 Å². The van der Waals surface area contributed by atoms with Gasteiger partial charge in [0, 0.05) is 31.4 Å². The molecule has 2 aromatic carbocycles. The predicted octanol–water partition coefficient (Wildman–Crippen LogP) is 1.35. The van der Waals surface area contributed by atoms with Crippen LogP contribution in [0.5, 0.6) is 0 Å². The quantitative estimate of drug-likeness (QED) is 0.232. The van der Waals surface area contributed by atoms with E-state index >= 15 is 0 Å². The summed E-state index contributed by atoms with van der Waals surface area (Å²) in [6.07, 6.45) is -0.166. The van der Waals surface area contributed by atoms with E-state index in [1.165, 1.54) is 31.2 Å². The Kier molecular flexibility index (Phi) is 9.88. The van der Waals surface area contributed by atoms with Gasteiger partial charge in [-0.05, 0) is 18.1 Å². The number of nitro benzene ring substituents is 1. The van der Waals surface area contributed by atoms with Gasteiger partial charge >= 0.3 is 5.97 Å². The topological polar surface area (TPSA) is 171 Å². The number of carbonyl (C=O) groups excluding carboxylic acids is 4. The smallest absolute Gasteiger partial charge is 0.306 e. The minimum atomic E-state index is -1.36. The number of nitro groups is 1. The summed E-state index contributed by atoms with van der Waals surface area (Å²) in [5.74, 6) is -3.66. The van der Waals surface area contributed by atoms with Crippen LogP contribution >= 0.6 is 0 Å². The molecule has 0 fully saturated rings. The molecule has 4 N–H and O–H groups in total. The average Bonchev–Trinajstić information content (AvgIpc) is 2.81. The molecule has 0 radical (unpaired) electrons. The number of nitrogens with one attached hydrogen (secondary N) is 2. The van der Waals surface area contributed by atoms with Gasteiger partial charge in [-0.25, -0.2) is 0 Å². The van der Waals surface area contributed by atoms with Crippen LogP contribution in [0.2, 0.25) is 0 Å². The van der Waals surface area contributed by atoms with Crippen molar-refractivity contribution >= 4 is 29.4 Å². The van der Waals surface area contributed by atoms with Crippen molar-refractivity contribution in [1.29, 1.82) is 0 Å². The monoisotopic (exact) mass is 484 g/mol. The van der Waals surface area contributed by atoms with Gasteiger partial charge in [-0.2, -0.15) is 0 Å². The van der Waals surface area contributed by atoms with Crippen LogP contribution in [0.1, 0.15) is 37.3 Å². The third kappa shape index (κ3) is 8.22. The highest BCUT2D eigenvalue weighted by molar-refractivity contribution is 5.92. The van der Waals surface area contributed by atoms with Crippen molar-refractivity contribution < 1.29 is 28.8 Å². The molecule has 35 heavy (non-hydrogen) atoms. The van der Waals surface area contributed by atoms with E-state index in [-0.39, 0.29) is 25.1 Å². The Labute approximate surface area is 202 Å². The van der Waals surface area contributed by atoms with Gasteiger partial charge in [0.2, 0.25) is 17.7 Å². The van der Waals surface area contributed by atoms with Gasteiger partial charge in [0.15, 0.2) is 0 Å². The number of carbonyl (C=O) groups is 4. The SMILES string of the molecule is CCOC(=O)C[C@H](c1ccc([N+](=O)[O-])cc1)[C@@H](NC(=O)[C@@H](Cc1ccccc1)NC(C)=O)C(N)=O. The van der Waals surface area contributed by atoms with Crippen LogP contribution in [0.3, 0.4) is 0 Å². The maximum atomic E-state index is 13.1. The molecule has 0 aromatic heterocycles. The highest BCUT2D eigenvalue weighted by atomic mass is 16.6. The standard InChI is InChI=1S/C24H28N4O7/c1-3-35-21(30)14-19(17-9-11-18(12-10-17)28(33)34)22(23(25)31)27-24(32)20(26-15(2)29)13-16-7-5-4-6-8-16/h4-12,19-20,22H,3,13-14H2,1-2H3,(H2,25,31)(H,26,29)(H,27,32)/t19-,20-,22-/m1/s1. The Hall–Kier alpha value is -4.28. The normalized spacial score (nSPS) is 13.1. The van der Waals surface area contributed by atoms with Crippen LogP contribution in [0.4, 0.5) is 5.69 Å². The second-order valence-corrected chi connectivity index (χ2v) is 7.80. The number of non-ortho nitro benzene ring substituents is 1. The first-order valence-corrected chi connectivity index (χ1v) is 10.9. The number of nitrogens with two attached hydrogens (primary N) is 1. The number of nitrogens with zero attached hydrogens (tertiary/aromatic N) is 1. The highest BCUT2D eigenvalue weighted by Crippen LogP contribution is 2.27. The van der Waals surface area contributed by atoms with Crippen LogP contribution in [0.15, 0.2) is 54.6 Å². The zero-order valence-electron chi connectivity index (χ0n) is 19.4. The molecule has 11 nitrogen and oxygen atoms in total. The Morgan fingerprint density at radius 1 is 1.03 bits per heavy atom. The first-order valence-electron chi connectivity index (χ1n) is 10.9. The van der Waals surface area contributed by atoms with Crippen molar-refractivity contribution in [3.05, 3.63) is 75.8 Å². The first kappa shape index (κ1) is 27.0. The Morgan fingerprint density at radius 2 is 1.66 bits per heavy atom. The second-order valence-electron chi connectivity index (χ2n) is 7.80. The number of rotatable bonds is 12. The molecule has 0 unspecified atom stereocenters. The summed E-state index contributed by atoms with van der Waals surface area (Å²) < 4.78 is 5.00. The lowest BCUT2D eigenvalue weighted by atomic mass is 9.87. The zero-order valence-corrected chi connectivity index (χ0v) is 19.4. The Morgan fingerprint density at radius 3 is 2.17 bits per heavy atom. The maximum absolute atomic E-state index is 13.1. The van der Waals surface area contributed by atoms with Gasteiger partial charge in [0.25, 0.3) is 5.69 Å². The number of benzene rings is 2. The van der Waals surface area contributed by atoms with Gasteiger partial charge in [-0.3, -0.25) is 29.3 Å². The third-order valence-electron chi connectivity index (χ3n) is 5.21. The van der Waals surface area contributed by atoms with Gasteiger partial charge in [-0.15, -0.1) is 0 Å². The molecule has 11 heteroatoms. The third-order valence-corrected chi connectivity index (χ3v) is 5.21. The Bertz CT molecular complexity index is 1060. The second kappa shape index (κ2) is 12.8. The van der Waals surface area contributed by atoms with Crippen molar-refractivity contribution in [1.82, 2.24) is 10.6 Å². The summed E-state index contributed by atoms with van der Waals surface area (Å²) in [7, 11) is 0. The summed E-state index contributed by atoms with van der Waals surface area (Å²) in [6.45, 7) is 2.98. The van der Waals surface area contributed by atoms with Crippen molar-refractivity contribution in [2.75, 3.05) is 6.61 Å². The molecule has 2 rings (SSSR count). The fourth-order valence-corrected chi connectivity index (χ4v) is 3.60. The van der Waals surface area contributed by atoms with E-state index in [2.05, 4.69) is 10.6 Å². The molecule has 2 aromatic rings. The lowest BCUT2D eigenvalue weighted by Crippen LogP contribution is -2.55. The lowest BCUT2D eigenvalue weighted by molar-refractivity contribution is -0.384. The van der Waals surface area contributed by atoms with E-state index < -0.39 is 46.6 Å². The molecular weight excluding hydrogens is 456 g/mol. The molecule has 186 valence electrons. The maximum Gasteiger partial charge on any atom is 0.306 e. The van der Waals surface area contributed by atoms with Gasteiger partial charge < -0.3 is 21.1 Å². The van der Waals surface area contributed by atoms with E-state index in [0.29, 0.717) is 5.56 Å². The van der Waals surface area contributed by atoms with E-state index in [1.807, 2.05) is 6.07 Å². The minimum Gasteiger partial charge on any atom is -0.466 e. The van der Waals surface area contributed by atoms with Crippen molar-refractivity contribution in [2.45, 2.75) is 44.7 Å². The molecule has 0 spiro atoms. The zero-order chi connectivity index (χ0) is 26.0. The Balaban J connectivity index is 2.36. The summed E-state index contributed by atoms with van der Waals surface area (Å²) >= 11 is 0. The average molecular weight is 485 g/mol. The van der Waals surface area contributed by atoms with E-state index in [9.17, 15) is 29.3 Å². The summed E-state index contributed by atoms with van der Waals surface area (Å²) in [5.41, 5.74) is 6.56. The van der Waals surface area contributed by atoms with Crippen LogP contribution in [0.25, 0.3) is 0 Å². The van der Waals surface area contributed by atoms with E-state index in [1.54, 1.807) is 31.2 Å². The minimum absolute atomic E-state index is 0.0983. The largest absolute Gasteiger partial charge is 0.466 e. The van der Waals surface area contributed by atoms with Crippen LogP contribution in [-0.4, -0.2) is 47.3 Å².